The van der Waals surface area contributed by atoms with Gasteiger partial charge in [0.1, 0.15) is 12.4 Å². The molecule has 0 atom stereocenters. The lowest BCUT2D eigenvalue weighted by atomic mass is 10.1. The first-order valence-corrected chi connectivity index (χ1v) is 12.9. The van der Waals surface area contributed by atoms with Crippen LogP contribution in [-0.4, -0.2) is 46.2 Å². The van der Waals surface area contributed by atoms with Crippen LogP contribution in [0.2, 0.25) is 5.02 Å². The first-order valence-electron chi connectivity index (χ1n) is 12.6. The molecule has 0 fully saturated rings. The van der Waals surface area contributed by atoms with Crippen molar-refractivity contribution >= 4 is 34.3 Å². The number of hydrogen-bond acceptors (Lipinski definition) is 2. The van der Waals surface area contributed by atoms with Crippen molar-refractivity contribution < 1.29 is 14.0 Å². The number of unbranched alkanes of at least 4 members (excludes halogenated alkanes) is 1. The molecule has 2 amide bonds. The molecule has 0 aliphatic rings. The number of fused-ring (bicyclic) bond motifs is 1. The summed E-state index contributed by atoms with van der Waals surface area (Å²) in [5.41, 5.74) is 3.50. The third-order valence-corrected chi connectivity index (χ3v) is 6.70. The number of aromatic nitrogens is 1. The molecule has 5 nitrogen and oxygen atoms in total. The number of amides is 2. The molecule has 4 aromatic rings. The van der Waals surface area contributed by atoms with Crippen LogP contribution in [0.1, 0.15) is 41.3 Å². The maximum absolute atomic E-state index is 13.6. The number of hydrogen-bond donors (Lipinski definition) is 1. The van der Waals surface area contributed by atoms with Crippen molar-refractivity contribution in [3.8, 4) is 0 Å². The number of rotatable bonds is 11. The van der Waals surface area contributed by atoms with E-state index in [0.717, 1.165) is 34.9 Å². The molecule has 0 saturated carbocycles. The summed E-state index contributed by atoms with van der Waals surface area (Å²) in [6.07, 6.45) is 4.32. The Bertz CT molecular complexity index is 1340. The van der Waals surface area contributed by atoms with Gasteiger partial charge in [-0.05, 0) is 66.4 Å². The number of benzene rings is 3. The van der Waals surface area contributed by atoms with Gasteiger partial charge in [0.15, 0.2) is 0 Å². The highest BCUT2D eigenvalue weighted by molar-refractivity contribution is 6.30. The monoisotopic (exact) mass is 519 g/mol. The number of H-pyrrole nitrogens is 1. The number of halogens is 2. The number of aromatic amines is 1. The Morgan fingerprint density at radius 3 is 2.38 bits per heavy atom. The van der Waals surface area contributed by atoms with Crippen LogP contribution in [0.15, 0.2) is 79.0 Å². The average Bonchev–Trinajstić information content (AvgIpc) is 3.33. The molecule has 0 saturated heterocycles. The SMILES string of the molecule is CCCCN(CC(=O)N(CCc1c[nH]c2ccccc12)Cc1ccc(F)cc1)C(=O)c1ccc(Cl)cc1. The Kier molecular flexibility index (Phi) is 8.96. The van der Waals surface area contributed by atoms with Crippen LogP contribution in [0.3, 0.4) is 0 Å². The maximum Gasteiger partial charge on any atom is 0.254 e. The lowest BCUT2D eigenvalue weighted by Gasteiger charge is -2.28. The van der Waals surface area contributed by atoms with Gasteiger partial charge < -0.3 is 14.8 Å². The summed E-state index contributed by atoms with van der Waals surface area (Å²) in [4.78, 5) is 33.5. The van der Waals surface area contributed by atoms with Gasteiger partial charge in [-0.15, -0.1) is 0 Å². The minimum Gasteiger partial charge on any atom is -0.361 e. The van der Waals surface area contributed by atoms with E-state index in [1.807, 2.05) is 24.4 Å². The molecule has 0 radical (unpaired) electrons. The zero-order valence-corrected chi connectivity index (χ0v) is 21.7. The summed E-state index contributed by atoms with van der Waals surface area (Å²) in [6, 6.07) is 21.0. The number of nitrogens with one attached hydrogen (secondary N) is 1. The topological polar surface area (TPSA) is 56.4 Å². The fourth-order valence-electron chi connectivity index (χ4n) is 4.34. The van der Waals surface area contributed by atoms with Crippen LogP contribution in [0.5, 0.6) is 0 Å². The van der Waals surface area contributed by atoms with Crippen molar-refractivity contribution in [1.29, 1.82) is 0 Å². The van der Waals surface area contributed by atoms with Gasteiger partial charge in [0.25, 0.3) is 5.91 Å². The van der Waals surface area contributed by atoms with E-state index in [1.165, 1.54) is 12.1 Å². The lowest BCUT2D eigenvalue weighted by Crippen LogP contribution is -2.43. The molecular formula is C30H31ClFN3O2. The van der Waals surface area contributed by atoms with Crippen molar-refractivity contribution in [2.24, 2.45) is 0 Å². The summed E-state index contributed by atoms with van der Waals surface area (Å²) in [5.74, 6) is -0.667. The molecule has 1 aromatic heterocycles. The van der Waals surface area contributed by atoms with Crippen molar-refractivity contribution in [2.75, 3.05) is 19.6 Å². The molecule has 0 bridgehead atoms. The van der Waals surface area contributed by atoms with Gasteiger partial charge in [-0.25, -0.2) is 4.39 Å². The Hall–Kier alpha value is -3.64. The molecule has 3 aromatic carbocycles. The smallest absolute Gasteiger partial charge is 0.254 e. The van der Waals surface area contributed by atoms with Crippen LogP contribution in [0.4, 0.5) is 4.39 Å². The Balaban J connectivity index is 1.53. The van der Waals surface area contributed by atoms with E-state index in [1.54, 1.807) is 46.2 Å². The van der Waals surface area contributed by atoms with Crippen LogP contribution >= 0.6 is 11.6 Å². The predicted molar refractivity (Wildman–Crippen MR) is 146 cm³/mol. The first-order chi connectivity index (χ1) is 17.9. The second-order valence-corrected chi connectivity index (χ2v) is 9.57. The highest BCUT2D eigenvalue weighted by Crippen LogP contribution is 2.19. The quantitative estimate of drug-likeness (QED) is 0.247. The van der Waals surface area contributed by atoms with Gasteiger partial charge in [0, 0.05) is 47.3 Å². The third-order valence-electron chi connectivity index (χ3n) is 6.45. The molecule has 7 heteroatoms. The largest absolute Gasteiger partial charge is 0.361 e. The summed E-state index contributed by atoms with van der Waals surface area (Å²) >= 11 is 5.99. The second-order valence-electron chi connectivity index (χ2n) is 9.14. The van der Waals surface area contributed by atoms with E-state index in [4.69, 9.17) is 11.6 Å². The maximum atomic E-state index is 13.6. The molecule has 4 rings (SSSR count). The van der Waals surface area contributed by atoms with Crippen molar-refractivity contribution in [3.63, 3.8) is 0 Å². The fraction of sp³-hybridized carbons (Fsp3) is 0.267. The summed E-state index contributed by atoms with van der Waals surface area (Å²) in [5, 5.41) is 1.68. The minimum absolute atomic E-state index is 0.0312. The number of nitrogens with zero attached hydrogens (tertiary/aromatic N) is 2. The third kappa shape index (κ3) is 6.98. The van der Waals surface area contributed by atoms with E-state index in [9.17, 15) is 14.0 Å². The normalized spacial score (nSPS) is 11.0. The lowest BCUT2D eigenvalue weighted by molar-refractivity contribution is -0.132. The molecule has 0 spiro atoms. The van der Waals surface area contributed by atoms with E-state index in [0.29, 0.717) is 36.6 Å². The summed E-state index contributed by atoms with van der Waals surface area (Å²) < 4.78 is 13.5. The number of carbonyl (C=O) groups is 2. The van der Waals surface area contributed by atoms with E-state index < -0.39 is 0 Å². The summed E-state index contributed by atoms with van der Waals surface area (Å²) in [7, 11) is 0. The molecule has 1 heterocycles. The Labute approximate surface area is 221 Å². The molecule has 0 aliphatic heterocycles. The molecular weight excluding hydrogens is 489 g/mol. The van der Waals surface area contributed by atoms with Crippen LogP contribution in [0.25, 0.3) is 10.9 Å². The zero-order chi connectivity index (χ0) is 26.2. The van der Waals surface area contributed by atoms with E-state index >= 15 is 0 Å². The van der Waals surface area contributed by atoms with Crippen molar-refractivity contribution in [1.82, 2.24) is 14.8 Å². The zero-order valence-electron chi connectivity index (χ0n) is 20.9. The molecule has 1 N–H and O–H groups in total. The van der Waals surface area contributed by atoms with Gasteiger partial charge >= 0.3 is 0 Å². The standard InChI is InChI=1S/C30H31ClFN3O2/c1-2-3-17-35(30(37)23-10-12-25(31)13-11-23)21-29(36)34(20-22-8-14-26(32)15-9-22)18-16-24-19-33-28-7-5-4-6-27(24)28/h4-15,19,33H,2-3,16-18,20-21H2,1H3. The molecule has 0 unspecified atom stereocenters. The Morgan fingerprint density at radius 2 is 1.65 bits per heavy atom. The van der Waals surface area contributed by atoms with Crippen molar-refractivity contribution in [3.05, 3.63) is 107 Å². The molecule has 37 heavy (non-hydrogen) atoms. The summed E-state index contributed by atoms with van der Waals surface area (Å²) in [6.45, 7) is 3.30. The number of para-hydroxylation sites is 1. The van der Waals surface area contributed by atoms with Crippen LogP contribution in [-0.2, 0) is 17.8 Å². The van der Waals surface area contributed by atoms with Crippen molar-refractivity contribution in [2.45, 2.75) is 32.7 Å². The number of carbonyl (C=O) groups excluding carboxylic acids is 2. The Morgan fingerprint density at radius 1 is 0.919 bits per heavy atom. The first kappa shape index (κ1) is 26.4. The highest BCUT2D eigenvalue weighted by Gasteiger charge is 2.23. The highest BCUT2D eigenvalue weighted by atomic mass is 35.5. The van der Waals surface area contributed by atoms with Gasteiger partial charge in [0.05, 0.1) is 0 Å². The predicted octanol–water partition coefficient (Wildman–Crippen LogP) is 6.47. The second kappa shape index (κ2) is 12.5. The van der Waals surface area contributed by atoms with Gasteiger partial charge in [-0.2, -0.15) is 0 Å². The van der Waals surface area contributed by atoms with E-state index in [-0.39, 0.29) is 24.2 Å². The van der Waals surface area contributed by atoms with Crippen LogP contribution in [0, 0.1) is 5.82 Å². The van der Waals surface area contributed by atoms with Gasteiger partial charge in [-0.1, -0.05) is 55.3 Å². The van der Waals surface area contributed by atoms with Gasteiger partial charge in [-0.3, -0.25) is 9.59 Å². The average molecular weight is 520 g/mol. The fourth-order valence-corrected chi connectivity index (χ4v) is 4.46. The van der Waals surface area contributed by atoms with Crippen LogP contribution < -0.4 is 0 Å². The minimum atomic E-state index is -0.320. The van der Waals surface area contributed by atoms with Gasteiger partial charge in [0.2, 0.25) is 5.91 Å². The molecule has 192 valence electrons. The molecule has 0 aliphatic carbocycles. The van der Waals surface area contributed by atoms with E-state index in [2.05, 4.69) is 18.0 Å².